The number of nitrogens with zero attached hydrogens (tertiary/aromatic N) is 2. The number of carbonyl (C=O) groups is 1. The molecular weight excluding hydrogens is 268 g/mol. The molecule has 6 heteroatoms. The molecule has 0 fully saturated rings. The van der Waals surface area contributed by atoms with Gasteiger partial charge in [-0.1, -0.05) is 12.1 Å². The minimum absolute atomic E-state index is 0.501. The van der Waals surface area contributed by atoms with Crippen LogP contribution in [0.3, 0.4) is 0 Å². The van der Waals surface area contributed by atoms with E-state index in [0.717, 1.165) is 5.56 Å². The van der Waals surface area contributed by atoms with Gasteiger partial charge in [0.05, 0.1) is 12.7 Å². The van der Waals surface area contributed by atoms with E-state index in [1.165, 1.54) is 7.11 Å². The molecule has 2 aromatic rings. The Bertz CT molecular complexity index is 662. The average Bonchev–Trinajstić information content (AvgIpc) is 2.54. The first-order valence-electron chi connectivity index (χ1n) is 6.26. The third-order valence-corrected chi connectivity index (χ3v) is 2.77. The molecule has 0 aliphatic carbocycles. The van der Waals surface area contributed by atoms with Crippen LogP contribution in [0.1, 0.15) is 11.1 Å². The molecule has 2 N–H and O–H groups in total. The van der Waals surface area contributed by atoms with Crippen LogP contribution in [-0.4, -0.2) is 18.2 Å². The predicted octanol–water partition coefficient (Wildman–Crippen LogP) is 2.74. The highest BCUT2D eigenvalue weighted by Gasteiger charge is 2.03. The fourth-order valence-corrected chi connectivity index (χ4v) is 1.70. The Morgan fingerprint density at radius 2 is 2.10 bits per heavy atom. The lowest BCUT2D eigenvalue weighted by atomic mass is 10.2. The number of ether oxygens (including phenoxy) is 1. The van der Waals surface area contributed by atoms with E-state index in [9.17, 15) is 4.79 Å². The molecule has 0 spiro atoms. The van der Waals surface area contributed by atoms with Gasteiger partial charge >= 0.3 is 6.09 Å². The molecule has 0 aliphatic heterocycles. The first-order valence-corrected chi connectivity index (χ1v) is 6.26. The normalized spacial score (nSPS) is 9.52. The van der Waals surface area contributed by atoms with Crippen molar-refractivity contribution in [3.63, 3.8) is 0 Å². The number of benzene rings is 1. The van der Waals surface area contributed by atoms with Gasteiger partial charge in [-0.3, -0.25) is 5.32 Å². The molecule has 1 aromatic heterocycles. The smallest absolute Gasteiger partial charge is 0.411 e. The maximum atomic E-state index is 11.1. The molecule has 6 nitrogen and oxygen atoms in total. The van der Waals surface area contributed by atoms with Crippen molar-refractivity contribution in [2.75, 3.05) is 17.7 Å². The molecule has 0 atom stereocenters. The second-order valence-electron chi connectivity index (χ2n) is 4.18. The van der Waals surface area contributed by atoms with E-state index in [-0.39, 0.29) is 0 Å². The van der Waals surface area contributed by atoms with Crippen LogP contribution in [0, 0.1) is 11.3 Å². The van der Waals surface area contributed by atoms with Crippen molar-refractivity contribution < 1.29 is 9.53 Å². The number of nitriles is 1. The van der Waals surface area contributed by atoms with Gasteiger partial charge in [0.2, 0.25) is 0 Å². The number of pyridine rings is 1. The Hall–Kier alpha value is -3.07. The second kappa shape index (κ2) is 6.91. The fourth-order valence-electron chi connectivity index (χ4n) is 1.70. The van der Waals surface area contributed by atoms with E-state index < -0.39 is 6.09 Å². The summed E-state index contributed by atoms with van der Waals surface area (Å²) in [7, 11) is 1.31. The minimum atomic E-state index is -0.506. The zero-order valence-corrected chi connectivity index (χ0v) is 11.5. The van der Waals surface area contributed by atoms with Crippen molar-refractivity contribution in [3.05, 3.63) is 53.7 Å². The molecule has 2 rings (SSSR count). The van der Waals surface area contributed by atoms with Crippen molar-refractivity contribution in [1.29, 1.82) is 5.26 Å². The molecule has 1 heterocycles. The van der Waals surface area contributed by atoms with Gasteiger partial charge in [0, 0.05) is 18.4 Å². The summed E-state index contributed by atoms with van der Waals surface area (Å²) in [6.07, 6.45) is 1.13. The molecule has 0 saturated carbocycles. The molecule has 0 unspecified atom stereocenters. The van der Waals surface area contributed by atoms with Crippen LogP contribution < -0.4 is 10.6 Å². The molecule has 0 bridgehead atoms. The summed E-state index contributed by atoms with van der Waals surface area (Å²) in [4.78, 5) is 15.2. The lowest BCUT2D eigenvalue weighted by molar-refractivity contribution is 0.187. The van der Waals surface area contributed by atoms with Crippen LogP contribution in [0.2, 0.25) is 0 Å². The van der Waals surface area contributed by atoms with Crippen LogP contribution in [0.5, 0.6) is 0 Å². The summed E-state index contributed by atoms with van der Waals surface area (Å²) < 4.78 is 4.51. The van der Waals surface area contributed by atoms with E-state index in [2.05, 4.69) is 26.4 Å². The Labute approximate surface area is 122 Å². The predicted molar refractivity (Wildman–Crippen MR) is 78.7 cm³/mol. The highest BCUT2D eigenvalue weighted by Crippen LogP contribution is 2.13. The standard InChI is InChI=1S/C15H14N4O2/c1-21-15(20)19-13-6-4-11(5-7-13)10-18-14-12(9-16)3-2-8-17-14/h2-8H,10H2,1H3,(H,17,18)(H,19,20). The topological polar surface area (TPSA) is 87.0 Å². The number of nitrogens with one attached hydrogen (secondary N) is 2. The molecular formula is C15H14N4O2. The Morgan fingerprint density at radius 1 is 1.33 bits per heavy atom. The van der Waals surface area contributed by atoms with Gasteiger partial charge < -0.3 is 10.1 Å². The van der Waals surface area contributed by atoms with E-state index >= 15 is 0 Å². The maximum Gasteiger partial charge on any atom is 0.411 e. The van der Waals surface area contributed by atoms with Crippen LogP contribution in [0.25, 0.3) is 0 Å². The van der Waals surface area contributed by atoms with Crippen molar-refractivity contribution in [3.8, 4) is 6.07 Å². The summed E-state index contributed by atoms with van der Waals surface area (Å²) in [5, 5.41) is 14.7. The number of amides is 1. The molecule has 1 amide bonds. The second-order valence-corrected chi connectivity index (χ2v) is 4.18. The number of hydrogen-bond donors (Lipinski definition) is 2. The van der Waals surface area contributed by atoms with E-state index in [0.29, 0.717) is 23.6 Å². The van der Waals surface area contributed by atoms with Gasteiger partial charge in [-0.2, -0.15) is 5.26 Å². The summed E-state index contributed by atoms with van der Waals surface area (Å²) in [6, 6.07) is 12.8. The van der Waals surface area contributed by atoms with Crippen molar-refractivity contribution in [1.82, 2.24) is 4.98 Å². The highest BCUT2D eigenvalue weighted by atomic mass is 16.5. The Balaban J connectivity index is 1.98. The van der Waals surface area contributed by atoms with E-state index in [4.69, 9.17) is 5.26 Å². The largest absolute Gasteiger partial charge is 0.453 e. The molecule has 106 valence electrons. The van der Waals surface area contributed by atoms with Gasteiger partial charge in [0.15, 0.2) is 0 Å². The van der Waals surface area contributed by atoms with Gasteiger partial charge in [0.1, 0.15) is 11.9 Å². The number of rotatable bonds is 4. The molecule has 21 heavy (non-hydrogen) atoms. The lowest BCUT2D eigenvalue weighted by Crippen LogP contribution is -2.10. The molecule has 1 aromatic carbocycles. The van der Waals surface area contributed by atoms with E-state index in [1.807, 2.05) is 12.1 Å². The maximum absolute atomic E-state index is 11.1. The van der Waals surface area contributed by atoms with Crippen molar-refractivity contribution in [2.24, 2.45) is 0 Å². The monoisotopic (exact) mass is 282 g/mol. The number of anilines is 2. The Morgan fingerprint density at radius 3 is 2.76 bits per heavy atom. The molecule has 0 aliphatic rings. The van der Waals surface area contributed by atoms with Crippen LogP contribution >= 0.6 is 0 Å². The molecule has 0 saturated heterocycles. The number of hydrogen-bond acceptors (Lipinski definition) is 5. The van der Waals surface area contributed by atoms with Crippen molar-refractivity contribution in [2.45, 2.75) is 6.54 Å². The van der Waals surface area contributed by atoms with Gasteiger partial charge in [-0.15, -0.1) is 0 Å². The molecule has 0 radical (unpaired) electrons. The highest BCUT2D eigenvalue weighted by molar-refractivity contribution is 5.84. The van der Waals surface area contributed by atoms with Crippen LogP contribution in [0.15, 0.2) is 42.6 Å². The van der Waals surface area contributed by atoms with Crippen LogP contribution in [-0.2, 0) is 11.3 Å². The Kier molecular flexibility index (Phi) is 4.72. The zero-order valence-electron chi connectivity index (χ0n) is 11.5. The lowest BCUT2D eigenvalue weighted by Gasteiger charge is -2.08. The number of methoxy groups -OCH3 is 1. The quantitative estimate of drug-likeness (QED) is 0.900. The first kappa shape index (κ1) is 14.3. The summed E-state index contributed by atoms with van der Waals surface area (Å²) >= 11 is 0. The first-order chi connectivity index (χ1) is 10.2. The van der Waals surface area contributed by atoms with E-state index in [1.54, 1.807) is 30.5 Å². The summed E-state index contributed by atoms with van der Waals surface area (Å²) in [5.74, 6) is 0.553. The zero-order chi connectivity index (χ0) is 15.1. The van der Waals surface area contributed by atoms with Gasteiger partial charge in [-0.05, 0) is 29.8 Å². The number of carbonyl (C=O) groups excluding carboxylic acids is 1. The minimum Gasteiger partial charge on any atom is -0.453 e. The third kappa shape index (κ3) is 3.94. The SMILES string of the molecule is COC(=O)Nc1ccc(CNc2ncccc2C#N)cc1. The summed E-state index contributed by atoms with van der Waals surface area (Å²) in [5.41, 5.74) is 2.16. The average molecular weight is 282 g/mol. The van der Waals surface area contributed by atoms with Gasteiger partial charge in [0.25, 0.3) is 0 Å². The number of aromatic nitrogens is 1. The van der Waals surface area contributed by atoms with Crippen LogP contribution in [0.4, 0.5) is 16.3 Å². The third-order valence-electron chi connectivity index (χ3n) is 2.77. The van der Waals surface area contributed by atoms with Crippen molar-refractivity contribution >= 4 is 17.6 Å². The fraction of sp³-hybridized carbons (Fsp3) is 0.133. The summed E-state index contributed by atoms with van der Waals surface area (Å²) in [6.45, 7) is 0.532. The van der Waals surface area contributed by atoms with Gasteiger partial charge in [-0.25, -0.2) is 9.78 Å².